The van der Waals surface area contributed by atoms with E-state index in [1.54, 1.807) is 0 Å². The van der Waals surface area contributed by atoms with Crippen LogP contribution in [0.3, 0.4) is 0 Å². The van der Waals surface area contributed by atoms with E-state index in [0.29, 0.717) is 6.54 Å². The summed E-state index contributed by atoms with van der Waals surface area (Å²) in [5, 5.41) is 8.99. The maximum Gasteiger partial charge on any atom is 0.127 e. The zero-order valence-electron chi connectivity index (χ0n) is 9.84. The Bertz CT molecular complexity index is 666. The lowest BCUT2D eigenvalue weighted by molar-refractivity contribution is 0.300. The molecule has 0 bridgehead atoms. The molecule has 86 valence electrons. The predicted molar refractivity (Wildman–Crippen MR) is 64.8 cm³/mol. The molecule has 0 aliphatic heterocycles. The smallest absolute Gasteiger partial charge is 0.127 e. The van der Waals surface area contributed by atoms with E-state index in [1.165, 1.54) is 16.6 Å². The number of aryl methyl sites for hydroxylation is 2. The molecular formula is C13H13N3O. The first kappa shape index (κ1) is 10.1. The topological polar surface area (TPSA) is 43.9 Å². The number of para-hydroxylation sites is 1. The minimum atomic E-state index is 0.703. The van der Waals surface area contributed by atoms with E-state index in [-0.39, 0.29) is 0 Å². The highest BCUT2D eigenvalue weighted by atomic mass is 16.6. The fourth-order valence-corrected chi connectivity index (χ4v) is 2.10. The van der Waals surface area contributed by atoms with Gasteiger partial charge in [0.2, 0.25) is 0 Å². The van der Waals surface area contributed by atoms with Crippen molar-refractivity contribution in [2.24, 2.45) is 0 Å². The standard InChI is InChI=1S/C13H13N3O/c1-9-7-11-5-3-4-6-13(11)16(9)8-12-10(2)14-17-15-12/h3-7H,8H2,1-2H3. The third kappa shape index (κ3) is 1.62. The van der Waals surface area contributed by atoms with Gasteiger partial charge in [-0.2, -0.15) is 0 Å². The molecular weight excluding hydrogens is 214 g/mol. The number of rotatable bonds is 2. The van der Waals surface area contributed by atoms with Crippen molar-refractivity contribution in [3.8, 4) is 0 Å². The van der Waals surface area contributed by atoms with Crippen LogP contribution in [0.15, 0.2) is 35.0 Å². The number of benzene rings is 1. The van der Waals surface area contributed by atoms with Crippen molar-refractivity contribution in [1.29, 1.82) is 0 Å². The van der Waals surface area contributed by atoms with Crippen LogP contribution in [0.5, 0.6) is 0 Å². The monoisotopic (exact) mass is 227 g/mol. The van der Waals surface area contributed by atoms with E-state index in [9.17, 15) is 0 Å². The number of nitrogens with zero attached hydrogens (tertiary/aromatic N) is 3. The van der Waals surface area contributed by atoms with Gasteiger partial charge < -0.3 is 4.57 Å². The van der Waals surface area contributed by atoms with Crippen LogP contribution in [-0.2, 0) is 6.54 Å². The van der Waals surface area contributed by atoms with E-state index < -0.39 is 0 Å². The summed E-state index contributed by atoms with van der Waals surface area (Å²) < 4.78 is 6.96. The van der Waals surface area contributed by atoms with Crippen molar-refractivity contribution in [2.75, 3.05) is 0 Å². The lowest BCUT2D eigenvalue weighted by Gasteiger charge is -2.05. The highest BCUT2D eigenvalue weighted by Crippen LogP contribution is 2.20. The van der Waals surface area contributed by atoms with E-state index in [0.717, 1.165) is 11.4 Å². The Kier molecular flexibility index (Phi) is 2.21. The van der Waals surface area contributed by atoms with Crippen molar-refractivity contribution in [3.05, 3.63) is 47.4 Å². The Balaban J connectivity index is 2.11. The van der Waals surface area contributed by atoms with Gasteiger partial charge in [-0.25, -0.2) is 4.63 Å². The molecule has 0 atom stereocenters. The molecule has 17 heavy (non-hydrogen) atoms. The molecule has 3 aromatic rings. The summed E-state index contributed by atoms with van der Waals surface area (Å²) in [6, 6.07) is 10.5. The maximum atomic E-state index is 4.73. The van der Waals surface area contributed by atoms with Crippen LogP contribution in [0, 0.1) is 13.8 Å². The highest BCUT2D eigenvalue weighted by molar-refractivity contribution is 5.81. The van der Waals surface area contributed by atoms with Gasteiger partial charge in [0.15, 0.2) is 0 Å². The maximum absolute atomic E-state index is 4.73. The van der Waals surface area contributed by atoms with Gasteiger partial charge in [0, 0.05) is 11.2 Å². The van der Waals surface area contributed by atoms with Crippen molar-refractivity contribution >= 4 is 10.9 Å². The molecule has 0 radical (unpaired) electrons. The van der Waals surface area contributed by atoms with Crippen LogP contribution in [0.25, 0.3) is 10.9 Å². The summed E-state index contributed by atoms with van der Waals surface area (Å²) in [4.78, 5) is 0. The van der Waals surface area contributed by atoms with E-state index >= 15 is 0 Å². The third-order valence-electron chi connectivity index (χ3n) is 3.07. The summed E-state index contributed by atoms with van der Waals surface area (Å²) in [6.07, 6.45) is 0. The number of hydrogen-bond acceptors (Lipinski definition) is 3. The second-order valence-electron chi connectivity index (χ2n) is 4.23. The van der Waals surface area contributed by atoms with Crippen LogP contribution in [0.2, 0.25) is 0 Å². The van der Waals surface area contributed by atoms with Gasteiger partial charge in [-0.1, -0.05) is 28.5 Å². The third-order valence-corrected chi connectivity index (χ3v) is 3.07. The zero-order valence-corrected chi connectivity index (χ0v) is 9.84. The van der Waals surface area contributed by atoms with Crippen LogP contribution < -0.4 is 0 Å². The Morgan fingerprint density at radius 3 is 2.76 bits per heavy atom. The first-order valence-corrected chi connectivity index (χ1v) is 5.58. The van der Waals surface area contributed by atoms with Crippen LogP contribution in [0.1, 0.15) is 17.1 Å². The molecule has 2 aromatic heterocycles. The number of hydrogen-bond donors (Lipinski definition) is 0. The number of fused-ring (bicyclic) bond motifs is 1. The molecule has 0 aliphatic carbocycles. The van der Waals surface area contributed by atoms with Crippen molar-refractivity contribution in [3.63, 3.8) is 0 Å². The van der Waals surface area contributed by atoms with E-state index in [2.05, 4.69) is 46.1 Å². The van der Waals surface area contributed by atoms with Crippen molar-refractivity contribution < 1.29 is 4.63 Å². The molecule has 3 rings (SSSR count). The summed E-state index contributed by atoms with van der Waals surface area (Å²) >= 11 is 0. The summed E-state index contributed by atoms with van der Waals surface area (Å²) in [6.45, 7) is 4.71. The second kappa shape index (κ2) is 3.73. The molecule has 0 N–H and O–H groups in total. The Hall–Kier alpha value is -2.10. The Morgan fingerprint density at radius 2 is 2.00 bits per heavy atom. The lowest BCUT2D eigenvalue weighted by Crippen LogP contribution is -2.03. The Morgan fingerprint density at radius 1 is 1.18 bits per heavy atom. The summed E-state index contributed by atoms with van der Waals surface area (Å²) in [7, 11) is 0. The average Bonchev–Trinajstić information content (AvgIpc) is 2.85. The van der Waals surface area contributed by atoms with E-state index in [4.69, 9.17) is 4.63 Å². The van der Waals surface area contributed by atoms with Gasteiger partial charge in [-0.3, -0.25) is 0 Å². The summed E-state index contributed by atoms with van der Waals surface area (Å²) in [5.74, 6) is 0. The largest absolute Gasteiger partial charge is 0.339 e. The van der Waals surface area contributed by atoms with Crippen LogP contribution in [0.4, 0.5) is 0 Å². The highest BCUT2D eigenvalue weighted by Gasteiger charge is 2.10. The van der Waals surface area contributed by atoms with Gasteiger partial charge in [-0.05, 0) is 31.4 Å². The fourth-order valence-electron chi connectivity index (χ4n) is 2.10. The van der Waals surface area contributed by atoms with Crippen molar-refractivity contribution in [2.45, 2.75) is 20.4 Å². The minimum Gasteiger partial charge on any atom is -0.339 e. The summed E-state index contributed by atoms with van der Waals surface area (Å²) in [5.41, 5.74) is 4.16. The molecule has 0 saturated heterocycles. The zero-order chi connectivity index (χ0) is 11.8. The molecule has 0 amide bonds. The quantitative estimate of drug-likeness (QED) is 0.676. The molecule has 0 unspecified atom stereocenters. The molecule has 2 heterocycles. The van der Waals surface area contributed by atoms with Crippen LogP contribution in [-0.4, -0.2) is 14.9 Å². The number of aromatic nitrogens is 3. The molecule has 1 aromatic carbocycles. The van der Waals surface area contributed by atoms with Gasteiger partial charge in [-0.15, -0.1) is 0 Å². The fraction of sp³-hybridized carbons (Fsp3) is 0.231. The minimum absolute atomic E-state index is 0.703. The predicted octanol–water partition coefficient (Wildman–Crippen LogP) is 2.69. The van der Waals surface area contributed by atoms with Crippen molar-refractivity contribution in [1.82, 2.24) is 14.9 Å². The normalized spacial score (nSPS) is 11.2. The van der Waals surface area contributed by atoms with Gasteiger partial charge in [0.1, 0.15) is 11.4 Å². The van der Waals surface area contributed by atoms with Gasteiger partial charge >= 0.3 is 0 Å². The SMILES string of the molecule is Cc1nonc1Cn1c(C)cc2ccccc21. The molecule has 0 saturated carbocycles. The molecule has 0 fully saturated rings. The Labute approximate surface area is 98.8 Å². The van der Waals surface area contributed by atoms with Crippen LogP contribution >= 0.6 is 0 Å². The van der Waals surface area contributed by atoms with Gasteiger partial charge in [0.25, 0.3) is 0 Å². The second-order valence-corrected chi connectivity index (χ2v) is 4.23. The van der Waals surface area contributed by atoms with E-state index in [1.807, 2.05) is 13.0 Å². The van der Waals surface area contributed by atoms with Gasteiger partial charge in [0.05, 0.1) is 6.54 Å². The first-order chi connectivity index (χ1) is 8.25. The first-order valence-electron chi connectivity index (χ1n) is 5.58. The average molecular weight is 227 g/mol. The molecule has 0 aliphatic rings. The molecule has 4 nitrogen and oxygen atoms in total. The molecule has 4 heteroatoms. The lowest BCUT2D eigenvalue weighted by atomic mass is 10.2. The molecule has 0 spiro atoms.